The minimum Gasteiger partial charge on any atom is -0.481 e. The first-order chi connectivity index (χ1) is 8.29. The fourth-order valence-electron chi connectivity index (χ4n) is 2.38. The van der Waals surface area contributed by atoms with E-state index in [0.717, 1.165) is 6.42 Å². The van der Waals surface area contributed by atoms with Gasteiger partial charge in [0.05, 0.1) is 5.92 Å². The highest BCUT2D eigenvalue weighted by Gasteiger charge is 2.44. The number of hydrogen-bond acceptors (Lipinski definition) is 2. The molecule has 1 rings (SSSR count). The maximum atomic E-state index is 11.3. The fraction of sp³-hybridized carbons (Fsp3) is 0.571. The molecule has 4 heteroatoms. The minimum atomic E-state index is -1.03. The molecule has 0 saturated carbocycles. The summed E-state index contributed by atoms with van der Waals surface area (Å²) >= 11 is 0. The number of aliphatic carboxylic acids is 2. The van der Waals surface area contributed by atoms with Gasteiger partial charge in [-0.2, -0.15) is 0 Å². The number of rotatable bonds is 5. The van der Waals surface area contributed by atoms with Crippen molar-refractivity contribution in [3.63, 3.8) is 0 Å². The Bertz CT molecular complexity index is 406. The zero-order valence-corrected chi connectivity index (χ0v) is 11.0. The molecular weight excluding hydrogens is 232 g/mol. The monoisotopic (exact) mass is 252 g/mol. The number of carboxylic acids is 2. The Hall–Kier alpha value is -1.58. The molecule has 0 amide bonds. The van der Waals surface area contributed by atoms with Crippen LogP contribution in [0.2, 0.25) is 0 Å². The van der Waals surface area contributed by atoms with E-state index in [4.69, 9.17) is 0 Å². The van der Waals surface area contributed by atoms with Gasteiger partial charge in [0.1, 0.15) is 0 Å². The van der Waals surface area contributed by atoms with E-state index in [2.05, 4.69) is 0 Å². The Morgan fingerprint density at radius 1 is 1.39 bits per heavy atom. The smallest absolute Gasteiger partial charge is 0.332 e. The van der Waals surface area contributed by atoms with Crippen molar-refractivity contribution in [3.05, 3.63) is 23.8 Å². The second-order valence-electron chi connectivity index (χ2n) is 5.44. The van der Waals surface area contributed by atoms with Crippen molar-refractivity contribution in [3.8, 4) is 0 Å². The molecule has 0 bridgehead atoms. The maximum Gasteiger partial charge on any atom is 0.332 e. The number of carboxylic acid groups (broad SMARTS) is 2. The van der Waals surface area contributed by atoms with Gasteiger partial charge in [-0.15, -0.1) is 0 Å². The Kier molecular flexibility index (Phi) is 4.33. The summed E-state index contributed by atoms with van der Waals surface area (Å²) in [6.45, 7) is 5.82. The summed E-state index contributed by atoms with van der Waals surface area (Å²) in [5.41, 5.74) is -0.644. The van der Waals surface area contributed by atoms with Gasteiger partial charge in [-0.3, -0.25) is 4.79 Å². The van der Waals surface area contributed by atoms with Crippen molar-refractivity contribution in [2.75, 3.05) is 0 Å². The molecule has 2 N–H and O–H groups in total. The summed E-state index contributed by atoms with van der Waals surface area (Å²) in [5, 5.41) is 18.5. The van der Waals surface area contributed by atoms with Crippen molar-refractivity contribution in [1.82, 2.24) is 0 Å². The number of carbonyl (C=O) groups is 2. The van der Waals surface area contributed by atoms with Gasteiger partial charge in [0, 0.05) is 11.0 Å². The highest BCUT2D eigenvalue weighted by atomic mass is 16.4. The van der Waals surface area contributed by atoms with E-state index in [0.29, 0.717) is 12.3 Å². The van der Waals surface area contributed by atoms with Crippen molar-refractivity contribution in [1.29, 1.82) is 0 Å². The first-order valence-corrected chi connectivity index (χ1v) is 6.14. The second kappa shape index (κ2) is 5.38. The van der Waals surface area contributed by atoms with Crippen molar-refractivity contribution in [2.24, 2.45) is 17.3 Å². The number of hydrogen-bond donors (Lipinski definition) is 2. The summed E-state index contributed by atoms with van der Waals surface area (Å²) < 4.78 is 0. The van der Waals surface area contributed by atoms with Crippen LogP contribution in [0.15, 0.2) is 23.8 Å². The first kappa shape index (κ1) is 14.5. The van der Waals surface area contributed by atoms with Gasteiger partial charge in [-0.25, -0.2) is 4.79 Å². The van der Waals surface area contributed by atoms with Crippen molar-refractivity contribution >= 4 is 11.9 Å². The lowest BCUT2D eigenvalue weighted by Gasteiger charge is -2.36. The van der Waals surface area contributed by atoms with E-state index in [1.165, 1.54) is 12.2 Å². The van der Waals surface area contributed by atoms with Crippen LogP contribution in [-0.4, -0.2) is 22.2 Å². The molecule has 0 aromatic rings. The first-order valence-electron chi connectivity index (χ1n) is 6.14. The van der Waals surface area contributed by atoms with Crippen LogP contribution in [0.3, 0.4) is 0 Å². The molecule has 0 aromatic heterocycles. The second-order valence-corrected chi connectivity index (χ2v) is 5.44. The molecule has 4 nitrogen and oxygen atoms in total. The summed E-state index contributed by atoms with van der Waals surface area (Å²) in [7, 11) is 0. The third-order valence-electron chi connectivity index (χ3n) is 3.61. The molecule has 0 aromatic carbocycles. The molecule has 100 valence electrons. The van der Waals surface area contributed by atoms with Crippen LogP contribution in [0, 0.1) is 17.3 Å². The summed E-state index contributed by atoms with van der Waals surface area (Å²) in [4.78, 5) is 22.6. The molecule has 0 saturated heterocycles. The highest BCUT2D eigenvalue weighted by molar-refractivity contribution is 5.91. The Morgan fingerprint density at radius 3 is 2.44 bits per heavy atom. The molecule has 1 aliphatic carbocycles. The fourth-order valence-corrected chi connectivity index (χ4v) is 2.38. The molecule has 0 fully saturated rings. The van der Waals surface area contributed by atoms with Crippen LogP contribution in [0.5, 0.6) is 0 Å². The summed E-state index contributed by atoms with van der Waals surface area (Å²) in [6.07, 6.45) is 5.99. The van der Waals surface area contributed by atoms with Crippen LogP contribution in [0.25, 0.3) is 0 Å². The molecule has 0 heterocycles. The SMILES string of the molecule is CC(C)CCC1(C)C(C(=O)O)=CC=CC1C(=O)O. The lowest BCUT2D eigenvalue weighted by Crippen LogP contribution is -2.38. The van der Waals surface area contributed by atoms with E-state index >= 15 is 0 Å². The molecular formula is C14H20O4. The highest BCUT2D eigenvalue weighted by Crippen LogP contribution is 2.44. The van der Waals surface area contributed by atoms with E-state index in [-0.39, 0.29) is 5.57 Å². The average Bonchev–Trinajstić information content (AvgIpc) is 2.25. The third kappa shape index (κ3) is 2.81. The molecule has 2 atom stereocenters. The Labute approximate surface area is 107 Å². The van der Waals surface area contributed by atoms with Crippen LogP contribution in [0.1, 0.15) is 33.6 Å². The molecule has 2 unspecified atom stereocenters. The Balaban J connectivity index is 3.10. The van der Waals surface area contributed by atoms with Gasteiger partial charge in [-0.05, 0) is 12.3 Å². The van der Waals surface area contributed by atoms with Gasteiger partial charge < -0.3 is 10.2 Å². The van der Waals surface area contributed by atoms with E-state index in [1.807, 2.05) is 13.8 Å². The van der Waals surface area contributed by atoms with E-state index in [9.17, 15) is 19.8 Å². The average molecular weight is 252 g/mol. The van der Waals surface area contributed by atoms with Crippen molar-refractivity contribution in [2.45, 2.75) is 33.6 Å². The minimum absolute atomic E-state index is 0.193. The standard InChI is InChI=1S/C14H20O4/c1-9(2)7-8-14(3)10(12(15)16)5-4-6-11(14)13(17)18/h4-6,9-10H,7-8H2,1-3H3,(H,15,16)(H,17,18). The Morgan fingerprint density at radius 2 is 2.00 bits per heavy atom. The molecule has 1 aliphatic rings. The van der Waals surface area contributed by atoms with Crippen LogP contribution in [0.4, 0.5) is 0 Å². The predicted molar refractivity (Wildman–Crippen MR) is 68.2 cm³/mol. The van der Waals surface area contributed by atoms with Gasteiger partial charge in [0.25, 0.3) is 0 Å². The summed E-state index contributed by atoms with van der Waals surface area (Å²) in [6, 6.07) is 0. The summed E-state index contributed by atoms with van der Waals surface area (Å²) in [5.74, 6) is -2.36. The van der Waals surface area contributed by atoms with Crippen LogP contribution < -0.4 is 0 Å². The normalized spacial score (nSPS) is 27.1. The molecule has 0 aliphatic heterocycles. The van der Waals surface area contributed by atoms with Gasteiger partial charge in [0.15, 0.2) is 0 Å². The maximum absolute atomic E-state index is 11.3. The predicted octanol–water partition coefficient (Wildman–Crippen LogP) is 2.71. The molecule has 18 heavy (non-hydrogen) atoms. The lowest BCUT2D eigenvalue weighted by atomic mass is 9.65. The van der Waals surface area contributed by atoms with E-state index in [1.54, 1.807) is 13.0 Å². The van der Waals surface area contributed by atoms with Crippen LogP contribution in [-0.2, 0) is 9.59 Å². The quantitative estimate of drug-likeness (QED) is 0.789. The van der Waals surface area contributed by atoms with Gasteiger partial charge >= 0.3 is 11.9 Å². The third-order valence-corrected chi connectivity index (χ3v) is 3.61. The molecule has 0 radical (unpaired) electrons. The van der Waals surface area contributed by atoms with E-state index < -0.39 is 23.3 Å². The largest absolute Gasteiger partial charge is 0.481 e. The van der Waals surface area contributed by atoms with Crippen LogP contribution >= 0.6 is 0 Å². The zero-order chi connectivity index (χ0) is 13.9. The van der Waals surface area contributed by atoms with Gasteiger partial charge in [-0.1, -0.05) is 45.4 Å². The zero-order valence-electron chi connectivity index (χ0n) is 11.0. The van der Waals surface area contributed by atoms with Crippen molar-refractivity contribution < 1.29 is 19.8 Å². The number of allylic oxidation sites excluding steroid dienone is 2. The van der Waals surface area contributed by atoms with Gasteiger partial charge in [0.2, 0.25) is 0 Å². The lowest BCUT2D eigenvalue weighted by molar-refractivity contribution is -0.144. The topological polar surface area (TPSA) is 74.6 Å². The molecule has 0 spiro atoms.